The Morgan fingerprint density at radius 1 is 1.42 bits per heavy atom. The standard InChI is InChI=1S/C10H11IO/c1-12-8-10(7-11)9-5-3-2-4-6-9/h2-7H,8H2,1H3. The van der Waals surface area contributed by atoms with Gasteiger partial charge in [-0.1, -0.05) is 52.9 Å². The molecule has 0 aliphatic heterocycles. The first-order valence-corrected chi connectivity index (χ1v) is 4.96. The fourth-order valence-electron chi connectivity index (χ4n) is 0.986. The molecule has 64 valence electrons. The molecule has 0 aliphatic rings. The first kappa shape index (κ1) is 9.74. The van der Waals surface area contributed by atoms with E-state index in [1.54, 1.807) is 7.11 Å². The normalized spacial score (nSPS) is 11.7. The Bertz CT molecular complexity index is 254. The quantitative estimate of drug-likeness (QED) is 0.769. The molecule has 0 bridgehead atoms. The molecule has 1 rings (SSSR count). The molecule has 0 saturated heterocycles. The molecular weight excluding hydrogens is 263 g/mol. The van der Waals surface area contributed by atoms with Crippen LogP contribution in [-0.4, -0.2) is 13.7 Å². The van der Waals surface area contributed by atoms with Crippen LogP contribution >= 0.6 is 22.6 Å². The van der Waals surface area contributed by atoms with Crippen molar-refractivity contribution >= 4 is 28.2 Å². The Labute approximate surface area is 86.6 Å². The van der Waals surface area contributed by atoms with Crippen LogP contribution in [0.1, 0.15) is 5.56 Å². The molecule has 1 aromatic carbocycles. The molecule has 0 aromatic heterocycles. The van der Waals surface area contributed by atoms with Gasteiger partial charge >= 0.3 is 0 Å². The van der Waals surface area contributed by atoms with Gasteiger partial charge in [0, 0.05) is 7.11 Å². The molecular formula is C10H11IO. The van der Waals surface area contributed by atoms with Gasteiger partial charge < -0.3 is 4.74 Å². The predicted octanol–water partition coefficient (Wildman–Crippen LogP) is 3.11. The topological polar surface area (TPSA) is 9.23 Å². The van der Waals surface area contributed by atoms with Crippen molar-refractivity contribution < 1.29 is 4.74 Å². The molecule has 0 heterocycles. The minimum absolute atomic E-state index is 0.674. The maximum absolute atomic E-state index is 5.08. The maximum Gasteiger partial charge on any atom is 0.0723 e. The molecule has 1 nitrogen and oxygen atoms in total. The Balaban J connectivity index is 2.82. The van der Waals surface area contributed by atoms with Crippen molar-refractivity contribution in [3.05, 3.63) is 40.0 Å². The second-order valence-electron chi connectivity index (χ2n) is 2.43. The van der Waals surface area contributed by atoms with E-state index in [1.807, 2.05) is 18.2 Å². The van der Waals surface area contributed by atoms with E-state index >= 15 is 0 Å². The van der Waals surface area contributed by atoms with Crippen LogP contribution in [0.15, 0.2) is 34.4 Å². The van der Waals surface area contributed by atoms with Gasteiger partial charge in [0.15, 0.2) is 0 Å². The van der Waals surface area contributed by atoms with Crippen molar-refractivity contribution in [1.82, 2.24) is 0 Å². The number of halogens is 1. The molecule has 0 radical (unpaired) electrons. The van der Waals surface area contributed by atoms with E-state index in [0.29, 0.717) is 6.61 Å². The van der Waals surface area contributed by atoms with Gasteiger partial charge in [0.1, 0.15) is 0 Å². The first-order valence-electron chi connectivity index (χ1n) is 3.72. The highest BCUT2D eigenvalue weighted by Crippen LogP contribution is 2.15. The summed E-state index contributed by atoms with van der Waals surface area (Å²) in [5, 5.41) is 0. The van der Waals surface area contributed by atoms with Crippen molar-refractivity contribution in [1.29, 1.82) is 0 Å². The third kappa shape index (κ3) is 2.60. The third-order valence-electron chi connectivity index (χ3n) is 1.58. The Morgan fingerprint density at radius 3 is 2.58 bits per heavy atom. The van der Waals surface area contributed by atoms with Gasteiger partial charge in [-0.25, -0.2) is 0 Å². The maximum atomic E-state index is 5.08. The van der Waals surface area contributed by atoms with Crippen LogP contribution in [0.25, 0.3) is 5.57 Å². The van der Waals surface area contributed by atoms with Crippen molar-refractivity contribution in [2.24, 2.45) is 0 Å². The van der Waals surface area contributed by atoms with E-state index in [2.05, 4.69) is 38.8 Å². The highest BCUT2D eigenvalue weighted by Gasteiger charge is 1.97. The molecule has 0 atom stereocenters. The summed E-state index contributed by atoms with van der Waals surface area (Å²) in [6, 6.07) is 10.3. The highest BCUT2D eigenvalue weighted by molar-refractivity contribution is 14.1. The summed E-state index contributed by atoms with van der Waals surface area (Å²) in [6.45, 7) is 0.674. The smallest absolute Gasteiger partial charge is 0.0723 e. The zero-order valence-corrected chi connectivity index (χ0v) is 9.11. The molecule has 0 amide bonds. The Morgan fingerprint density at radius 2 is 2.08 bits per heavy atom. The zero-order valence-electron chi connectivity index (χ0n) is 6.96. The van der Waals surface area contributed by atoms with Crippen LogP contribution in [0.4, 0.5) is 0 Å². The van der Waals surface area contributed by atoms with Gasteiger partial charge in [0.25, 0.3) is 0 Å². The molecule has 0 N–H and O–H groups in total. The lowest BCUT2D eigenvalue weighted by molar-refractivity contribution is 0.240. The average Bonchev–Trinajstić information content (AvgIpc) is 2.15. The number of methoxy groups -OCH3 is 1. The summed E-state index contributed by atoms with van der Waals surface area (Å²) in [4.78, 5) is 0. The highest BCUT2D eigenvalue weighted by atomic mass is 127. The van der Waals surface area contributed by atoms with Gasteiger partial charge in [0.05, 0.1) is 6.61 Å². The fraction of sp³-hybridized carbons (Fsp3) is 0.200. The molecule has 0 spiro atoms. The van der Waals surface area contributed by atoms with Gasteiger partial charge in [-0.3, -0.25) is 0 Å². The lowest BCUT2D eigenvalue weighted by atomic mass is 10.1. The van der Waals surface area contributed by atoms with Crippen molar-refractivity contribution in [3.8, 4) is 0 Å². The largest absolute Gasteiger partial charge is 0.380 e. The number of hydrogen-bond acceptors (Lipinski definition) is 1. The van der Waals surface area contributed by atoms with Gasteiger partial charge in [0.2, 0.25) is 0 Å². The average molecular weight is 274 g/mol. The van der Waals surface area contributed by atoms with Crippen LogP contribution in [0.5, 0.6) is 0 Å². The second-order valence-corrected chi connectivity index (χ2v) is 3.06. The van der Waals surface area contributed by atoms with Gasteiger partial charge in [-0.15, -0.1) is 0 Å². The van der Waals surface area contributed by atoms with E-state index in [4.69, 9.17) is 4.74 Å². The van der Waals surface area contributed by atoms with Crippen LogP contribution in [0.3, 0.4) is 0 Å². The molecule has 0 saturated carbocycles. The summed E-state index contributed by atoms with van der Waals surface area (Å²) in [5.74, 6) is 0. The van der Waals surface area contributed by atoms with E-state index in [1.165, 1.54) is 11.1 Å². The molecule has 1 aromatic rings. The van der Waals surface area contributed by atoms with Crippen molar-refractivity contribution in [2.45, 2.75) is 0 Å². The van der Waals surface area contributed by atoms with Crippen molar-refractivity contribution in [3.63, 3.8) is 0 Å². The molecule has 0 fully saturated rings. The fourth-order valence-corrected chi connectivity index (χ4v) is 1.52. The summed E-state index contributed by atoms with van der Waals surface area (Å²) >= 11 is 2.23. The summed E-state index contributed by atoms with van der Waals surface area (Å²) in [6.07, 6.45) is 0. The minimum Gasteiger partial charge on any atom is -0.380 e. The monoisotopic (exact) mass is 274 g/mol. The molecule has 0 unspecified atom stereocenters. The van der Waals surface area contributed by atoms with Gasteiger partial charge in [-0.05, 0) is 15.2 Å². The lowest BCUT2D eigenvalue weighted by Crippen LogP contribution is -1.92. The van der Waals surface area contributed by atoms with E-state index in [9.17, 15) is 0 Å². The van der Waals surface area contributed by atoms with E-state index in [-0.39, 0.29) is 0 Å². The predicted molar refractivity (Wildman–Crippen MR) is 60.3 cm³/mol. The van der Waals surface area contributed by atoms with Crippen LogP contribution in [0, 0.1) is 0 Å². The molecule has 0 aliphatic carbocycles. The van der Waals surface area contributed by atoms with Crippen molar-refractivity contribution in [2.75, 3.05) is 13.7 Å². The second kappa shape index (κ2) is 5.32. The first-order chi connectivity index (χ1) is 5.88. The van der Waals surface area contributed by atoms with Crippen LogP contribution < -0.4 is 0 Å². The summed E-state index contributed by atoms with van der Waals surface area (Å²) < 4.78 is 7.13. The minimum atomic E-state index is 0.674. The lowest BCUT2D eigenvalue weighted by Gasteiger charge is -2.04. The van der Waals surface area contributed by atoms with Crippen LogP contribution in [-0.2, 0) is 4.74 Å². The number of ether oxygens (including phenoxy) is 1. The Kier molecular flexibility index (Phi) is 4.32. The van der Waals surface area contributed by atoms with Gasteiger partial charge in [-0.2, -0.15) is 0 Å². The zero-order chi connectivity index (χ0) is 8.81. The van der Waals surface area contributed by atoms with E-state index < -0.39 is 0 Å². The molecule has 2 heteroatoms. The Hall–Kier alpha value is -0.350. The number of rotatable bonds is 3. The van der Waals surface area contributed by atoms with Crippen LogP contribution in [0.2, 0.25) is 0 Å². The summed E-state index contributed by atoms with van der Waals surface area (Å²) in [7, 11) is 1.71. The third-order valence-corrected chi connectivity index (χ3v) is 2.33. The summed E-state index contributed by atoms with van der Waals surface area (Å²) in [5.41, 5.74) is 2.45. The number of hydrogen-bond donors (Lipinski definition) is 0. The van der Waals surface area contributed by atoms with E-state index in [0.717, 1.165) is 0 Å². The molecule has 12 heavy (non-hydrogen) atoms. The SMILES string of the molecule is COCC(=CI)c1ccccc1. The number of benzene rings is 1.